The molecule has 3 N–H and O–H groups in total. The molecule has 0 radical (unpaired) electrons. The summed E-state index contributed by atoms with van der Waals surface area (Å²) in [6.45, 7) is 7.85. The molecule has 102 valence electrons. The highest BCUT2D eigenvalue weighted by Gasteiger charge is 2.38. The van der Waals surface area contributed by atoms with Gasteiger partial charge >= 0.3 is 0 Å². The molecule has 4 nitrogen and oxygen atoms in total. The van der Waals surface area contributed by atoms with Crippen molar-refractivity contribution >= 4 is 0 Å². The topological polar surface area (TPSA) is 50.5 Å². The molecule has 1 aliphatic rings. The number of ether oxygens (including phenoxy) is 1. The first-order valence-corrected chi connectivity index (χ1v) is 6.89. The Hall–Kier alpha value is -0.160. The number of hydrogen-bond donors (Lipinski definition) is 2. The molecule has 1 rings (SSSR count). The van der Waals surface area contributed by atoms with Crippen molar-refractivity contribution in [2.24, 2.45) is 5.84 Å². The van der Waals surface area contributed by atoms with Gasteiger partial charge in [0.1, 0.15) is 0 Å². The average Bonchev–Trinajstić information content (AvgIpc) is 2.88. The van der Waals surface area contributed by atoms with Gasteiger partial charge in [-0.25, -0.2) is 0 Å². The molecule has 2 unspecified atom stereocenters. The highest BCUT2D eigenvalue weighted by molar-refractivity contribution is 4.96. The average molecular weight is 243 g/mol. The van der Waals surface area contributed by atoms with E-state index in [1.807, 2.05) is 0 Å². The molecular weight excluding hydrogens is 214 g/mol. The van der Waals surface area contributed by atoms with E-state index in [1.165, 1.54) is 25.9 Å². The van der Waals surface area contributed by atoms with Gasteiger partial charge in [0, 0.05) is 25.3 Å². The van der Waals surface area contributed by atoms with Crippen molar-refractivity contribution in [1.82, 2.24) is 10.3 Å². The summed E-state index contributed by atoms with van der Waals surface area (Å²) in [6.07, 6.45) is 5.92. The molecule has 0 spiro atoms. The molecule has 1 aliphatic heterocycles. The molecule has 0 bridgehead atoms. The minimum Gasteiger partial charge on any atom is -0.385 e. The molecule has 0 aliphatic carbocycles. The maximum absolute atomic E-state index is 5.77. The molecule has 0 aromatic carbocycles. The van der Waals surface area contributed by atoms with Crippen LogP contribution in [-0.2, 0) is 4.74 Å². The third kappa shape index (κ3) is 3.65. The van der Waals surface area contributed by atoms with Gasteiger partial charge in [0.25, 0.3) is 0 Å². The van der Waals surface area contributed by atoms with E-state index in [0.717, 1.165) is 25.9 Å². The van der Waals surface area contributed by atoms with Crippen LogP contribution < -0.4 is 11.3 Å². The fraction of sp³-hybridized carbons (Fsp3) is 1.00. The van der Waals surface area contributed by atoms with Crippen LogP contribution in [0.5, 0.6) is 0 Å². The summed E-state index contributed by atoms with van der Waals surface area (Å²) in [7, 11) is 1.75. The maximum atomic E-state index is 5.77. The smallest absolute Gasteiger partial charge is 0.0462 e. The van der Waals surface area contributed by atoms with E-state index in [1.54, 1.807) is 7.11 Å². The molecule has 2 atom stereocenters. The van der Waals surface area contributed by atoms with Crippen LogP contribution in [-0.4, -0.2) is 43.3 Å². The number of hydrogen-bond acceptors (Lipinski definition) is 4. The second-order valence-electron chi connectivity index (χ2n) is 5.26. The van der Waals surface area contributed by atoms with Crippen molar-refractivity contribution in [3.8, 4) is 0 Å². The van der Waals surface area contributed by atoms with E-state index in [2.05, 4.69) is 24.2 Å². The number of nitrogens with one attached hydrogen (secondary N) is 1. The molecule has 1 saturated heterocycles. The van der Waals surface area contributed by atoms with Gasteiger partial charge in [0.2, 0.25) is 0 Å². The van der Waals surface area contributed by atoms with Crippen molar-refractivity contribution < 1.29 is 4.74 Å². The lowest BCUT2D eigenvalue weighted by Crippen LogP contribution is -2.60. The number of nitrogens with two attached hydrogens (primary N) is 1. The molecule has 4 heteroatoms. The summed E-state index contributed by atoms with van der Waals surface area (Å²) in [5.41, 5.74) is 3.21. The lowest BCUT2D eigenvalue weighted by molar-refractivity contribution is 0.0747. The fourth-order valence-corrected chi connectivity index (χ4v) is 2.92. The summed E-state index contributed by atoms with van der Waals surface area (Å²) in [4.78, 5) is 2.60. The Bertz CT molecular complexity index is 207. The molecule has 1 fully saturated rings. The standard InChI is InChI=1S/C13H29N3O/c1-4-13(2,16-9-5-6-10-16)12(15-14)8-7-11-17-3/h12,15H,4-11,14H2,1-3H3. The highest BCUT2D eigenvalue weighted by Crippen LogP contribution is 2.29. The lowest BCUT2D eigenvalue weighted by Gasteiger charge is -2.44. The monoisotopic (exact) mass is 243 g/mol. The Morgan fingerprint density at radius 1 is 1.41 bits per heavy atom. The van der Waals surface area contributed by atoms with Crippen LogP contribution in [0, 0.1) is 0 Å². The van der Waals surface area contributed by atoms with Gasteiger partial charge in [0.05, 0.1) is 0 Å². The van der Waals surface area contributed by atoms with Gasteiger partial charge in [-0.15, -0.1) is 0 Å². The third-order valence-electron chi connectivity index (χ3n) is 4.34. The van der Waals surface area contributed by atoms with E-state index >= 15 is 0 Å². The number of likely N-dealkylation sites (tertiary alicyclic amines) is 1. The van der Waals surface area contributed by atoms with Crippen LogP contribution >= 0.6 is 0 Å². The first-order valence-electron chi connectivity index (χ1n) is 6.89. The minimum atomic E-state index is 0.180. The summed E-state index contributed by atoms with van der Waals surface area (Å²) < 4.78 is 5.13. The minimum absolute atomic E-state index is 0.180. The van der Waals surface area contributed by atoms with Gasteiger partial charge in [0.15, 0.2) is 0 Å². The van der Waals surface area contributed by atoms with Gasteiger partial charge in [-0.05, 0) is 52.1 Å². The molecule has 1 heterocycles. The summed E-state index contributed by atoms with van der Waals surface area (Å²) in [5, 5.41) is 0. The van der Waals surface area contributed by atoms with Crippen LogP contribution in [0.3, 0.4) is 0 Å². The fourth-order valence-electron chi connectivity index (χ4n) is 2.92. The summed E-state index contributed by atoms with van der Waals surface area (Å²) in [5.74, 6) is 5.77. The Kier molecular flexibility index (Phi) is 6.41. The first-order chi connectivity index (χ1) is 8.19. The Labute approximate surface area is 106 Å². The van der Waals surface area contributed by atoms with Crippen LogP contribution in [0.25, 0.3) is 0 Å². The second-order valence-corrected chi connectivity index (χ2v) is 5.26. The predicted molar refractivity (Wildman–Crippen MR) is 71.7 cm³/mol. The highest BCUT2D eigenvalue weighted by atomic mass is 16.5. The van der Waals surface area contributed by atoms with E-state index < -0.39 is 0 Å². The first kappa shape index (κ1) is 14.9. The van der Waals surface area contributed by atoms with Crippen molar-refractivity contribution in [1.29, 1.82) is 0 Å². The van der Waals surface area contributed by atoms with E-state index in [9.17, 15) is 0 Å². The zero-order chi connectivity index (χ0) is 12.7. The molecule has 0 aromatic heterocycles. The van der Waals surface area contributed by atoms with Crippen molar-refractivity contribution in [2.75, 3.05) is 26.8 Å². The molecule has 0 aromatic rings. The number of rotatable bonds is 8. The zero-order valence-corrected chi connectivity index (χ0v) is 11.7. The SMILES string of the molecule is CCC(C)(C(CCCOC)NN)N1CCCC1. The van der Waals surface area contributed by atoms with Gasteiger partial charge in [-0.2, -0.15) is 0 Å². The zero-order valence-electron chi connectivity index (χ0n) is 11.7. The van der Waals surface area contributed by atoms with Gasteiger partial charge in [-0.1, -0.05) is 6.92 Å². The van der Waals surface area contributed by atoms with Crippen LogP contribution in [0.4, 0.5) is 0 Å². The van der Waals surface area contributed by atoms with E-state index in [4.69, 9.17) is 10.6 Å². The maximum Gasteiger partial charge on any atom is 0.0462 e. The molecule has 17 heavy (non-hydrogen) atoms. The lowest BCUT2D eigenvalue weighted by atomic mass is 9.85. The van der Waals surface area contributed by atoms with Gasteiger partial charge < -0.3 is 4.74 Å². The van der Waals surface area contributed by atoms with Crippen molar-refractivity contribution in [3.63, 3.8) is 0 Å². The summed E-state index contributed by atoms with van der Waals surface area (Å²) in [6, 6.07) is 0.348. The molecule has 0 saturated carbocycles. The van der Waals surface area contributed by atoms with Crippen LogP contribution in [0.2, 0.25) is 0 Å². The van der Waals surface area contributed by atoms with Crippen LogP contribution in [0.15, 0.2) is 0 Å². The normalized spacial score (nSPS) is 22.6. The second kappa shape index (κ2) is 7.31. The number of hydrazine groups is 1. The predicted octanol–water partition coefficient (Wildman–Crippen LogP) is 1.51. The van der Waals surface area contributed by atoms with Gasteiger partial charge in [-0.3, -0.25) is 16.2 Å². The molecular formula is C13H29N3O. The molecule has 0 amide bonds. The van der Waals surface area contributed by atoms with Crippen LogP contribution in [0.1, 0.15) is 46.0 Å². The third-order valence-corrected chi connectivity index (χ3v) is 4.34. The Morgan fingerprint density at radius 3 is 2.53 bits per heavy atom. The van der Waals surface area contributed by atoms with Crippen molar-refractivity contribution in [3.05, 3.63) is 0 Å². The van der Waals surface area contributed by atoms with E-state index in [0.29, 0.717) is 6.04 Å². The Balaban J connectivity index is 2.59. The van der Waals surface area contributed by atoms with E-state index in [-0.39, 0.29) is 5.54 Å². The van der Waals surface area contributed by atoms with Crippen molar-refractivity contribution in [2.45, 2.75) is 57.5 Å². The largest absolute Gasteiger partial charge is 0.385 e. The summed E-state index contributed by atoms with van der Waals surface area (Å²) >= 11 is 0. The Morgan fingerprint density at radius 2 is 2.06 bits per heavy atom. The quantitative estimate of drug-likeness (QED) is 0.385. The number of nitrogens with zero attached hydrogens (tertiary/aromatic N) is 1. The number of methoxy groups -OCH3 is 1.